The molecule has 1 aliphatic carbocycles. The molecular weight excluding hydrogens is 236 g/mol. The SMILES string of the molecule is CC(C)c1cccc(NC(=O)C2(N)CC2)c1.Cl. The molecule has 0 aliphatic heterocycles. The van der Waals surface area contributed by atoms with Gasteiger partial charge < -0.3 is 11.1 Å². The smallest absolute Gasteiger partial charge is 0.244 e. The second kappa shape index (κ2) is 5.07. The summed E-state index contributed by atoms with van der Waals surface area (Å²) in [7, 11) is 0. The van der Waals surface area contributed by atoms with Gasteiger partial charge in [0.25, 0.3) is 0 Å². The molecule has 1 fully saturated rings. The van der Waals surface area contributed by atoms with Crippen molar-refractivity contribution in [1.29, 1.82) is 0 Å². The standard InChI is InChI=1S/C13H18N2O.ClH/c1-9(2)10-4-3-5-11(8-10)15-12(16)13(14)6-7-13;/h3-5,8-9H,6-7,14H2,1-2H3,(H,15,16);1H. The van der Waals surface area contributed by atoms with Crippen molar-refractivity contribution in [2.24, 2.45) is 5.73 Å². The largest absolute Gasteiger partial charge is 0.324 e. The summed E-state index contributed by atoms with van der Waals surface area (Å²) < 4.78 is 0. The Morgan fingerprint density at radius 3 is 2.59 bits per heavy atom. The Labute approximate surface area is 108 Å². The quantitative estimate of drug-likeness (QED) is 0.871. The van der Waals surface area contributed by atoms with Crippen molar-refractivity contribution >= 4 is 24.0 Å². The third kappa shape index (κ3) is 3.20. The molecule has 1 saturated carbocycles. The molecule has 0 bridgehead atoms. The minimum Gasteiger partial charge on any atom is -0.324 e. The highest BCUT2D eigenvalue weighted by atomic mass is 35.5. The summed E-state index contributed by atoms with van der Waals surface area (Å²) >= 11 is 0. The van der Waals surface area contributed by atoms with Crippen LogP contribution in [0, 0.1) is 0 Å². The molecule has 0 spiro atoms. The molecule has 1 aromatic rings. The molecule has 0 atom stereocenters. The minimum atomic E-state index is -0.603. The number of carbonyl (C=O) groups is 1. The number of benzene rings is 1. The van der Waals surface area contributed by atoms with Gasteiger partial charge in [-0.3, -0.25) is 4.79 Å². The average Bonchev–Trinajstić information content (AvgIpc) is 2.98. The van der Waals surface area contributed by atoms with E-state index in [-0.39, 0.29) is 18.3 Å². The van der Waals surface area contributed by atoms with E-state index in [2.05, 4.69) is 25.2 Å². The second-order valence-electron chi connectivity index (χ2n) is 4.89. The fraction of sp³-hybridized carbons (Fsp3) is 0.462. The summed E-state index contributed by atoms with van der Waals surface area (Å²) in [6.45, 7) is 4.26. The summed E-state index contributed by atoms with van der Waals surface area (Å²) in [5.41, 5.74) is 7.28. The molecule has 1 amide bonds. The van der Waals surface area contributed by atoms with E-state index in [1.165, 1.54) is 5.56 Å². The lowest BCUT2D eigenvalue weighted by Crippen LogP contribution is -2.37. The minimum absolute atomic E-state index is 0. The van der Waals surface area contributed by atoms with Crippen LogP contribution in [-0.4, -0.2) is 11.4 Å². The van der Waals surface area contributed by atoms with E-state index in [0.29, 0.717) is 5.92 Å². The van der Waals surface area contributed by atoms with Crippen molar-refractivity contribution in [2.75, 3.05) is 5.32 Å². The molecule has 4 heteroatoms. The predicted octanol–water partition coefficient (Wildman–Crippen LogP) is 2.66. The number of amides is 1. The Kier molecular flexibility index (Phi) is 4.17. The van der Waals surface area contributed by atoms with E-state index in [1.54, 1.807) is 0 Å². The van der Waals surface area contributed by atoms with Crippen molar-refractivity contribution in [1.82, 2.24) is 0 Å². The zero-order valence-electron chi connectivity index (χ0n) is 10.2. The lowest BCUT2D eigenvalue weighted by Gasteiger charge is -2.12. The molecule has 3 nitrogen and oxygen atoms in total. The molecule has 1 aromatic carbocycles. The summed E-state index contributed by atoms with van der Waals surface area (Å²) in [6.07, 6.45) is 1.59. The van der Waals surface area contributed by atoms with Crippen LogP contribution in [0.25, 0.3) is 0 Å². The Morgan fingerprint density at radius 1 is 1.41 bits per heavy atom. The van der Waals surface area contributed by atoms with Crippen LogP contribution in [0.4, 0.5) is 5.69 Å². The number of hydrogen-bond acceptors (Lipinski definition) is 2. The van der Waals surface area contributed by atoms with Crippen molar-refractivity contribution in [3.05, 3.63) is 29.8 Å². The van der Waals surface area contributed by atoms with Crippen molar-refractivity contribution in [3.63, 3.8) is 0 Å². The van der Waals surface area contributed by atoms with Gasteiger partial charge in [-0.1, -0.05) is 26.0 Å². The highest BCUT2D eigenvalue weighted by molar-refractivity contribution is 6.00. The average molecular weight is 255 g/mol. The highest BCUT2D eigenvalue weighted by Gasteiger charge is 2.45. The van der Waals surface area contributed by atoms with Crippen LogP contribution in [0.3, 0.4) is 0 Å². The maximum absolute atomic E-state index is 11.7. The first kappa shape index (κ1) is 14.0. The van der Waals surface area contributed by atoms with Crippen LogP contribution in [0.2, 0.25) is 0 Å². The normalized spacial score (nSPS) is 16.2. The number of rotatable bonds is 3. The summed E-state index contributed by atoms with van der Waals surface area (Å²) in [6, 6.07) is 7.93. The summed E-state index contributed by atoms with van der Waals surface area (Å²) in [4.78, 5) is 11.7. The lowest BCUT2D eigenvalue weighted by atomic mass is 10.0. The van der Waals surface area contributed by atoms with Gasteiger partial charge in [0, 0.05) is 5.69 Å². The maximum atomic E-state index is 11.7. The number of nitrogens with two attached hydrogens (primary N) is 1. The first-order valence-electron chi connectivity index (χ1n) is 5.71. The molecular formula is C13H19ClN2O. The molecule has 2 rings (SSSR count). The van der Waals surface area contributed by atoms with Gasteiger partial charge in [-0.05, 0) is 36.5 Å². The van der Waals surface area contributed by atoms with E-state index >= 15 is 0 Å². The van der Waals surface area contributed by atoms with Crippen LogP contribution >= 0.6 is 12.4 Å². The van der Waals surface area contributed by atoms with Crippen molar-refractivity contribution in [2.45, 2.75) is 38.1 Å². The molecule has 94 valence electrons. The molecule has 3 N–H and O–H groups in total. The summed E-state index contributed by atoms with van der Waals surface area (Å²) in [5.74, 6) is 0.401. The Bertz CT molecular complexity index is 414. The first-order chi connectivity index (χ1) is 7.51. The second-order valence-corrected chi connectivity index (χ2v) is 4.89. The van der Waals surface area contributed by atoms with Gasteiger partial charge in [-0.25, -0.2) is 0 Å². The maximum Gasteiger partial charge on any atom is 0.244 e. The number of carbonyl (C=O) groups excluding carboxylic acids is 1. The summed E-state index contributed by atoms with van der Waals surface area (Å²) in [5, 5.41) is 2.88. The zero-order chi connectivity index (χ0) is 11.8. The molecule has 17 heavy (non-hydrogen) atoms. The van der Waals surface area contributed by atoms with Crippen molar-refractivity contribution < 1.29 is 4.79 Å². The van der Waals surface area contributed by atoms with Crippen LogP contribution in [-0.2, 0) is 4.79 Å². The van der Waals surface area contributed by atoms with E-state index in [0.717, 1.165) is 18.5 Å². The molecule has 0 heterocycles. The number of nitrogens with one attached hydrogen (secondary N) is 1. The Hall–Kier alpha value is -1.06. The predicted molar refractivity (Wildman–Crippen MR) is 72.6 cm³/mol. The van der Waals surface area contributed by atoms with Gasteiger partial charge in [0.2, 0.25) is 5.91 Å². The number of halogens is 1. The lowest BCUT2D eigenvalue weighted by molar-refractivity contribution is -0.118. The van der Waals surface area contributed by atoms with Gasteiger partial charge in [0.05, 0.1) is 5.54 Å². The monoisotopic (exact) mass is 254 g/mol. The van der Waals surface area contributed by atoms with Gasteiger partial charge in [-0.15, -0.1) is 12.4 Å². The molecule has 0 unspecified atom stereocenters. The fourth-order valence-corrected chi connectivity index (χ4v) is 1.59. The van der Waals surface area contributed by atoms with E-state index in [1.807, 2.05) is 18.2 Å². The van der Waals surface area contributed by atoms with Gasteiger partial charge in [0.15, 0.2) is 0 Å². The van der Waals surface area contributed by atoms with Crippen LogP contribution in [0.1, 0.15) is 38.2 Å². The Balaban J connectivity index is 0.00000144. The fourth-order valence-electron chi connectivity index (χ4n) is 1.59. The van der Waals surface area contributed by atoms with Crippen LogP contribution in [0.5, 0.6) is 0 Å². The van der Waals surface area contributed by atoms with E-state index in [9.17, 15) is 4.79 Å². The first-order valence-corrected chi connectivity index (χ1v) is 5.71. The van der Waals surface area contributed by atoms with Gasteiger partial charge in [-0.2, -0.15) is 0 Å². The molecule has 0 aromatic heterocycles. The third-order valence-corrected chi connectivity index (χ3v) is 3.05. The zero-order valence-corrected chi connectivity index (χ0v) is 11.0. The molecule has 0 saturated heterocycles. The van der Waals surface area contributed by atoms with Crippen LogP contribution in [0.15, 0.2) is 24.3 Å². The van der Waals surface area contributed by atoms with E-state index < -0.39 is 5.54 Å². The van der Waals surface area contributed by atoms with Crippen LogP contribution < -0.4 is 11.1 Å². The number of hydrogen-bond donors (Lipinski definition) is 2. The van der Waals surface area contributed by atoms with E-state index in [4.69, 9.17) is 5.73 Å². The van der Waals surface area contributed by atoms with Gasteiger partial charge in [0.1, 0.15) is 0 Å². The number of anilines is 1. The topological polar surface area (TPSA) is 55.1 Å². The third-order valence-electron chi connectivity index (χ3n) is 3.05. The van der Waals surface area contributed by atoms with Crippen molar-refractivity contribution in [3.8, 4) is 0 Å². The Morgan fingerprint density at radius 2 is 2.06 bits per heavy atom. The molecule has 0 radical (unpaired) electrons. The molecule has 1 aliphatic rings. The van der Waals surface area contributed by atoms with Gasteiger partial charge >= 0.3 is 0 Å². The highest BCUT2D eigenvalue weighted by Crippen LogP contribution is 2.33.